The van der Waals surface area contributed by atoms with E-state index in [2.05, 4.69) is 0 Å². The van der Waals surface area contributed by atoms with Crippen LogP contribution in [0.5, 0.6) is 0 Å². The van der Waals surface area contributed by atoms with Crippen molar-refractivity contribution in [1.29, 1.82) is 0 Å². The van der Waals surface area contributed by atoms with Gasteiger partial charge < -0.3 is 10.2 Å². The Morgan fingerprint density at radius 2 is 1.86 bits per heavy atom. The van der Waals surface area contributed by atoms with Gasteiger partial charge >= 0.3 is 0 Å². The van der Waals surface area contributed by atoms with E-state index in [-0.39, 0.29) is 51.0 Å². The molecule has 3 fully saturated rings. The van der Waals surface area contributed by atoms with Crippen LogP contribution in [0.15, 0.2) is 17.7 Å². The fourth-order valence-electron chi connectivity index (χ4n) is 4.60. The molecule has 2 bridgehead atoms. The van der Waals surface area contributed by atoms with Gasteiger partial charge in [-0.05, 0) is 37.3 Å². The summed E-state index contributed by atoms with van der Waals surface area (Å²) in [6, 6.07) is 3.15. The highest BCUT2D eigenvalue weighted by Gasteiger charge is 2.45. The van der Waals surface area contributed by atoms with Gasteiger partial charge in [0.2, 0.25) is 0 Å². The summed E-state index contributed by atoms with van der Waals surface area (Å²) in [5.74, 6) is -0.501. The van der Waals surface area contributed by atoms with Crippen molar-refractivity contribution in [2.24, 2.45) is 11.8 Å². The summed E-state index contributed by atoms with van der Waals surface area (Å²) in [6.45, 7) is 1.10. The second-order valence-electron chi connectivity index (χ2n) is 8.16. The number of benzene rings is 1. The minimum atomic E-state index is -3.00. The molecular weight excluding hydrogens is 437 g/mol. The Morgan fingerprint density at radius 1 is 1.17 bits per heavy atom. The van der Waals surface area contributed by atoms with E-state index in [1.54, 1.807) is 12.1 Å². The Balaban J connectivity index is 1.67. The number of aliphatic hydroxyl groups excluding tert-OH is 2. The Bertz CT molecular complexity index is 977. The van der Waals surface area contributed by atoms with Gasteiger partial charge in [0.1, 0.15) is 5.76 Å². The van der Waals surface area contributed by atoms with Crippen LogP contribution in [0.25, 0.3) is 5.76 Å². The van der Waals surface area contributed by atoms with Crippen molar-refractivity contribution in [3.8, 4) is 0 Å². The first-order valence-corrected chi connectivity index (χ1v) is 12.3. The molecule has 0 radical (unpaired) electrons. The number of carbonyl (C=O) groups is 1. The van der Waals surface area contributed by atoms with Crippen LogP contribution < -0.4 is 0 Å². The molecule has 29 heavy (non-hydrogen) atoms. The Hall–Kier alpha value is -1.12. The van der Waals surface area contributed by atoms with Crippen molar-refractivity contribution in [3.63, 3.8) is 0 Å². The molecule has 2 aliphatic carbocycles. The molecule has 1 saturated heterocycles. The van der Waals surface area contributed by atoms with Gasteiger partial charge in [-0.2, -0.15) is 0 Å². The number of halogens is 2. The van der Waals surface area contributed by atoms with Gasteiger partial charge in [0.15, 0.2) is 15.6 Å². The molecule has 0 aromatic heterocycles. The molecular formula is C20H23Cl2NO5S. The maximum absolute atomic E-state index is 12.7. The third-order valence-corrected chi connectivity index (χ3v) is 8.76. The first-order valence-electron chi connectivity index (χ1n) is 9.73. The zero-order valence-corrected chi connectivity index (χ0v) is 18.1. The average molecular weight is 460 g/mol. The number of ketones is 1. The molecule has 2 N–H and O–H groups in total. The largest absolute Gasteiger partial charge is 0.507 e. The van der Waals surface area contributed by atoms with Gasteiger partial charge in [0, 0.05) is 41.7 Å². The molecule has 4 rings (SSSR count). The monoisotopic (exact) mass is 459 g/mol. The van der Waals surface area contributed by atoms with Crippen LogP contribution in [0.1, 0.15) is 30.4 Å². The summed E-state index contributed by atoms with van der Waals surface area (Å²) in [5.41, 5.74) is 0.875. The predicted molar refractivity (Wildman–Crippen MR) is 112 cm³/mol. The summed E-state index contributed by atoms with van der Waals surface area (Å²) in [5, 5.41) is 22.1. The number of rotatable bonds is 3. The van der Waals surface area contributed by atoms with E-state index in [0.29, 0.717) is 36.6 Å². The fraction of sp³-hybridized carbons (Fsp3) is 0.550. The molecule has 1 heterocycles. The van der Waals surface area contributed by atoms with Gasteiger partial charge in [-0.3, -0.25) is 9.69 Å². The predicted octanol–water partition coefficient (Wildman–Crippen LogP) is 2.85. The van der Waals surface area contributed by atoms with Gasteiger partial charge in [0.25, 0.3) is 0 Å². The molecule has 3 atom stereocenters. The van der Waals surface area contributed by atoms with Crippen LogP contribution >= 0.6 is 23.2 Å². The zero-order valence-electron chi connectivity index (χ0n) is 15.8. The Morgan fingerprint density at radius 3 is 2.55 bits per heavy atom. The molecule has 3 unspecified atom stereocenters. The SMILES string of the molecule is O=C1C(=C(O)c2ccc(Cl)c(CN3CCS(=O)(=O)CC3)c2Cl)C(O)C2CCC1C2. The van der Waals surface area contributed by atoms with Crippen LogP contribution in [0.2, 0.25) is 10.0 Å². The fourth-order valence-corrected chi connectivity index (χ4v) is 6.46. The summed E-state index contributed by atoms with van der Waals surface area (Å²) in [6.07, 6.45) is 1.17. The van der Waals surface area contributed by atoms with Gasteiger partial charge in [-0.25, -0.2) is 8.42 Å². The Kier molecular flexibility index (Phi) is 5.72. The molecule has 3 aliphatic rings. The summed E-state index contributed by atoms with van der Waals surface area (Å²) >= 11 is 12.9. The minimum absolute atomic E-state index is 0.0179. The number of Topliss-reactive ketones (excluding diaryl/α,β-unsaturated/α-hetero) is 1. The number of carbonyl (C=O) groups excluding carboxylic acids is 1. The van der Waals surface area contributed by atoms with Crippen LogP contribution in [0.4, 0.5) is 0 Å². The highest BCUT2D eigenvalue weighted by atomic mass is 35.5. The first-order chi connectivity index (χ1) is 13.7. The van der Waals surface area contributed by atoms with Crippen LogP contribution in [0, 0.1) is 11.8 Å². The van der Waals surface area contributed by atoms with Gasteiger partial charge in [0.05, 0.1) is 28.2 Å². The molecule has 1 aliphatic heterocycles. The molecule has 9 heteroatoms. The number of aliphatic hydroxyl groups is 2. The Labute approximate surface area is 180 Å². The van der Waals surface area contributed by atoms with E-state index < -0.39 is 15.9 Å². The van der Waals surface area contributed by atoms with Crippen molar-refractivity contribution in [1.82, 2.24) is 4.90 Å². The first kappa shape index (κ1) is 21.1. The van der Waals surface area contributed by atoms with E-state index in [1.807, 2.05) is 4.90 Å². The quantitative estimate of drug-likeness (QED) is 0.532. The second kappa shape index (κ2) is 7.85. The number of hydrogen-bond donors (Lipinski definition) is 2. The van der Waals surface area contributed by atoms with E-state index in [4.69, 9.17) is 23.2 Å². The lowest BCUT2D eigenvalue weighted by Gasteiger charge is -2.29. The number of nitrogens with zero attached hydrogens (tertiary/aromatic N) is 1. The maximum atomic E-state index is 12.7. The average Bonchev–Trinajstić information content (AvgIpc) is 3.12. The van der Waals surface area contributed by atoms with Crippen molar-refractivity contribution in [2.75, 3.05) is 24.6 Å². The standard InChI is InChI=1S/C20H23Cl2NO5S/c21-15-4-3-13(17(22)14(15)10-23-5-7-29(27,28)8-6-23)20(26)16-18(24)11-1-2-12(9-11)19(16)25/h3-4,11-12,18,24,26H,1-2,5-10H2. The van der Waals surface area contributed by atoms with Crippen molar-refractivity contribution < 1.29 is 23.4 Å². The molecule has 2 saturated carbocycles. The molecule has 158 valence electrons. The van der Waals surface area contributed by atoms with E-state index in [9.17, 15) is 23.4 Å². The van der Waals surface area contributed by atoms with Gasteiger partial charge in [-0.15, -0.1) is 0 Å². The highest BCUT2D eigenvalue weighted by molar-refractivity contribution is 7.91. The lowest BCUT2D eigenvalue weighted by atomic mass is 9.80. The van der Waals surface area contributed by atoms with Crippen molar-refractivity contribution in [2.45, 2.75) is 31.9 Å². The van der Waals surface area contributed by atoms with E-state index in [0.717, 1.165) is 12.8 Å². The molecule has 1 aromatic rings. The van der Waals surface area contributed by atoms with Crippen molar-refractivity contribution >= 4 is 44.6 Å². The second-order valence-corrected chi connectivity index (χ2v) is 11.2. The van der Waals surface area contributed by atoms with E-state index >= 15 is 0 Å². The van der Waals surface area contributed by atoms with Crippen LogP contribution in [-0.4, -0.2) is 60.0 Å². The summed E-state index contributed by atoms with van der Waals surface area (Å²) in [4.78, 5) is 14.7. The van der Waals surface area contributed by atoms with Gasteiger partial charge in [-0.1, -0.05) is 23.2 Å². The molecule has 0 amide bonds. The van der Waals surface area contributed by atoms with Crippen LogP contribution in [0.3, 0.4) is 0 Å². The molecule has 0 spiro atoms. The lowest BCUT2D eigenvalue weighted by molar-refractivity contribution is -0.121. The normalized spacial score (nSPS) is 31.1. The maximum Gasteiger partial charge on any atom is 0.168 e. The third-order valence-electron chi connectivity index (χ3n) is 6.37. The van der Waals surface area contributed by atoms with Crippen molar-refractivity contribution in [3.05, 3.63) is 38.9 Å². The number of sulfone groups is 1. The number of hydrogen-bond acceptors (Lipinski definition) is 6. The summed E-state index contributed by atoms with van der Waals surface area (Å²) < 4.78 is 23.3. The smallest absolute Gasteiger partial charge is 0.168 e. The molecule has 6 nitrogen and oxygen atoms in total. The molecule has 1 aromatic carbocycles. The third kappa shape index (κ3) is 3.95. The lowest BCUT2D eigenvalue weighted by Crippen LogP contribution is -2.39. The summed E-state index contributed by atoms with van der Waals surface area (Å²) in [7, 11) is -3.00. The van der Waals surface area contributed by atoms with Crippen LogP contribution in [-0.2, 0) is 21.2 Å². The van der Waals surface area contributed by atoms with E-state index in [1.165, 1.54) is 0 Å². The zero-order chi connectivity index (χ0) is 20.9. The highest BCUT2D eigenvalue weighted by Crippen LogP contribution is 2.45. The minimum Gasteiger partial charge on any atom is -0.507 e. The number of fused-ring (bicyclic) bond motifs is 2. The topological polar surface area (TPSA) is 94.9 Å².